The second kappa shape index (κ2) is 33.7. The second-order valence-corrected chi connectivity index (χ2v) is 34.6. The molecule has 0 N–H and O–H groups in total. The molecule has 0 radical (unpaired) electrons. The number of ether oxygens (including phenoxy) is 8. The van der Waals surface area contributed by atoms with Crippen LogP contribution in [0.1, 0.15) is 301 Å². The summed E-state index contributed by atoms with van der Waals surface area (Å²) in [4.78, 5) is 9.98. The lowest BCUT2D eigenvalue weighted by Crippen LogP contribution is -2.36. The molecule has 12 heteroatoms. The molecule has 0 saturated carbocycles. The van der Waals surface area contributed by atoms with Gasteiger partial charge in [-0.05, 0) is 179 Å². The average Bonchev–Trinajstić information content (AvgIpc) is 0.721. The lowest BCUT2D eigenvalue weighted by Gasteiger charge is -2.42. The minimum absolute atomic E-state index is 0.0255. The van der Waals surface area contributed by atoms with Crippen molar-refractivity contribution < 1.29 is 37.9 Å². The molecule has 0 saturated heterocycles. The molecule has 0 unspecified atom stereocenters. The third-order valence-electron chi connectivity index (χ3n) is 23.0. The van der Waals surface area contributed by atoms with Gasteiger partial charge in [-0.3, -0.25) is 19.6 Å². The highest BCUT2D eigenvalue weighted by atomic mass is 16.5. The van der Waals surface area contributed by atoms with E-state index < -0.39 is 0 Å². The smallest absolute Gasteiger partial charge is 0.142 e. The van der Waals surface area contributed by atoms with Crippen LogP contribution >= 0.6 is 0 Å². The van der Waals surface area contributed by atoms with Gasteiger partial charge < -0.3 is 37.9 Å². The minimum atomic E-state index is -0.256. The van der Waals surface area contributed by atoms with E-state index in [4.69, 9.17) is 37.9 Å². The molecule has 0 fully saturated rings. The van der Waals surface area contributed by atoms with Crippen molar-refractivity contribution in [1.82, 2.24) is 19.6 Å². The van der Waals surface area contributed by atoms with Crippen LogP contribution in [0, 0.1) is 23.7 Å². The summed E-state index contributed by atoms with van der Waals surface area (Å²) in [5.41, 5.74) is 18.3. The number of rotatable bonds is 24. The summed E-state index contributed by atoms with van der Waals surface area (Å²) in [7, 11) is 0. The number of fused-ring (bicyclic) bond motifs is 16. The van der Waals surface area contributed by atoms with Gasteiger partial charge in [0.15, 0.2) is 0 Å². The Bertz CT molecular complexity index is 3810. The largest absolute Gasteiger partial charge is 0.490 e. The van der Waals surface area contributed by atoms with Gasteiger partial charge in [-0.25, -0.2) is 0 Å². The molecule has 8 atom stereocenters. The molecular formula is C96H124N4O8. The zero-order valence-corrected chi connectivity index (χ0v) is 68.6. The molecule has 8 aromatic rings. The number of nitrogens with zero attached hydrogens (tertiary/aromatic N) is 4. The molecular weight excluding hydrogens is 1340 g/mol. The molecule has 4 heterocycles. The molecule has 108 heavy (non-hydrogen) atoms. The Morgan fingerprint density at radius 2 is 0.454 bits per heavy atom. The first-order chi connectivity index (χ1) is 51.8. The molecule has 12 nitrogen and oxygen atoms in total. The van der Waals surface area contributed by atoms with Crippen molar-refractivity contribution in [2.45, 2.75) is 263 Å². The Balaban J connectivity index is 1.23. The minimum Gasteiger partial charge on any atom is -0.490 e. The number of hydrogen-bond acceptors (Lipinski definition) is 12. The predicted molar refractivity (Wildman–Crippen MR) is 438 cm³/mol. The van der Waals surface area contributed by atoms with Crippen LogP contribution in [0.2, 0.25) is 0 Å². The Kier molecular flexibility index (Phi) is 24.4. The highest BCUT2D eigenvalue weighted by molar-refractivity contribution is 5.70. The molecule has 5 aliphatic rings. The van der Waals surface area contributed by atoms with Crippen molar-refractivity contribution in [2.75, 3.05) is 26.9 Å². The number of hydrogen-bond donors (Lipinski definition) is 0. The van der Waals surface area contributed by atoms with Crippen LogP contribution in [0.15, 0.2) is 146 Å². The molecule has 1 aliphatic carbocycles. The molecule has 0 aromatic heterocycles. The molecule has 4 aliphatic heterocycles. The standard InChI is InChI=1S/C96H124N4O8/c1-57(2)41-73-77-45-82(94(106-62(11)12)85-49-97(53-101-89(77)85)65(17)69-33-25-21-26-34-69)75(43-59(5)6)79-47-84(96(108-64(15)16)87-51-99(55-103-91(79)87)67(19)71-37-29-23-30-38-71)76(44-60(7)8)80-48-83(95(107-63(13)14)88-52-100(56-104-92(80)88)68(20)72-39-31-24-32-40-72)74(42-58(3)4)78-46-81(73)93(105-61(9)10)86-50-98(54-102-90(78)86)66(18)70-35-27-22-28-36-70/h21-40,45-48,57-68,73-76H,41-44,49-56H2,1-20H3/t65-,66-,67-,68-,73+,74+,75+,76+/m0/s1. The third kappa shape index (κ3) is 16.6. The predicted octanol–water partition coefficient (Wildman–Crippen LogP) is 23.5. The van der Waals surface area contributed by atoms with E-state index in [2.05, 4.69) is 304 Å². The molecule has 8 bridgehead atoms. The first kappa shape index (κ1) is 78.1. The maximum atomic E-state index is 7.71. The van der Waals surface area contributed by atoms with Crippen LogP contribution in [0.3, 0.4) is 0 Å². The zero-order valence-electron chi connectivity index (χ0n) is 68.6. The summed E-state index contributed by atoms with van der Waals surface area (Å²) < 4.78 is 61.6. The summed E-state index contributed by atoms with van der Waals surface area (Å²) in [5, 5.41) is 0. The Labute approximate surface area is 647 Å². The van der Waals surface area contributed by atoms with E-state index in [1.165, 1.54) is 22.3 Å². The molecule has 8 aromatic carbocycles. The zero-order chi connectivity index (χ0) is 76.5. The summed E-state index contributed by atoms with van der Waals surface area (Å²) in [6.45, 7) is 49.9. The summed E-state index contributed by atoms with van der Waals surface area (Å²) in [6, 6.07) is 54.0. The van der Waals surface area contributed by atoms with E-state index >= 15 is 0 Å². The van der Waals surface area contributed by atoms with Gasteiger partial charge in [0.25, 0.3) is 0 Å². The van der Waals surface area contributed by atoms with E-state index in [0.717, 1.165) is 138 Å². The first-order valence-corrected chi connectivity index (χ1v) is 40.9. The second-order valence-electron chi connectivity index (χ2n) is 34.6. The summed E-state index contributed by atoms with van der Waals surface area (Å²) >= 11 is 0. The Hall–Kier alpha value is -8.00. The van der Waals surface area contributed by atoms with Gasteiger partial charge in [0.1, 0.15) is 72.9 Å². The van der Waals surface area contributed by atoms with Crippen molar-refractivity contribution in [1.29, 1.82) is 0 Å². The van der Waals surface area contributed by atoms with Gasteiger partial charge in [0.05, 0.1) is 46.7 Å². The molecule has 0 amide bonds. The lowest BCUT2D eigenvalue weighted by atomic mass is 9.73. The Morgan fingerprint density at radius 1 is 0.269 bits per heavy atom. The van der Waals surface area contributed by atoms with Crippen molar-refractivity contribution in [2.24, 2.45) is 23.7 Å². The van der Waals surface area contributed by atoms with E-state index in [1.807, 2.05) is 0 Å². The van der Waals surface area contributed by atoms with Crippen molar-refractivity contribution in [3.63, 3.8) is 0 Å². The van der Waals surface area contributed by atoms with Crippen LogP contribution in [0.25, 0.3) is 0 Å². The number of benzene rings is 8. The maximum absolute atomic E-state index is 7.71. The average molecular weight is 1460 g/mol. The fourth-order valence-corrected chi connectivity index (χ4v) is 17.7. The van der Waals surface area contributed by atoms with Crippen LogP contribution in [-0.4, -0.2) is 70.9 Å². The van der Waals surface area contributed by atoms with Gasteiger partial charge in [-0.15, -0.1) is 0 Å². The van der Waals surface area contributed by atoms with E-state index in [1.54, 1.807) is 0 Å². The van der Waals surface area contributed by atoms with E-state index in [0.29, 0.717) is 53.1 Å². The maximum Gasteiger partial charge on any atom is 0.142 e. The quantitative estimate of drug-likeness (QED) is 0.0577. The van der Waals surface area contributed by atoms with Gasteiger partial charge in [-0.1, -0.05) is 177 Å². The van der Waals surface area contributed by atoms with E-state index in [9.17, 15) is 0 Å². The molecule has 0 spiro atoms. The monoisotopic (exact) mass is 1460 g/mol. The topological polar surface area (TPSA) is 86.8 Å². The van der Waals surface area contributed by atoms with E-state index in [-0.39, 0.29) is 95.9 Å². The highest BCUT2D eigenvalue weighted by Crippen LogP contribution is 2.60. The lowest BCUT2D eigenvalue weighted by molar-refractivity contribution is 0.0566. The summed E-state index contributed by atoms with van der Waals surface area (Å²) in [6.07, 6.45) is 2.43. The van der Waals surface area contributed by atoms with Crippen LogP contribution in [0.5, 0.6) is 46.0 Å². The highest BCUT2D eigenvalue weighted by Gasteiger charge is 2.45. The van der Waals surface area contributed by atoms with Crippen LogP contribution in [0.4, 0.5) is 0 Å². The van der Waals surface area contributed by atoms with Crippen molar-refractivity contribution in [3.8, 4) is 46.0 Å². The van der Waals surface area contributed by atoms with Crippen LogP contribution in [-0.2, 0) is 26.2 Å². The van der Waals surface area contributed by atoms with Gasteiger partial charge in [-0.2, -0.15) is 0 Å². The molecule has 576 valence electrons. The SMILES string of the molecule is CC(C)C[C@@H]1c2cc(c(OC(C)C)c3c2OCN([C@@H](C)c2ccccc2)C3)[C@H](CC(C)C)c2cc(c(OC(C)C)c3c2OCN([C@@H](C)c2ccccc2)C3)[C@H](CC(C)C)c2cc(c(OC(C)C)c3c2OCN([C@@H](C)c2ccccc2)C3)[C@H](CC(C)C)c2cc1c(OC(C)C)c1c2OCN([C@@H](C)c2ccccc2)C1. The Morgan fingerprint density at radius 3 is 0.620 bits per heavy atom. The van der Waals surface area contributed by atoms with Gasteiger partial charge in [0, 0.05) is 119 Å². The third-order valence-corrected chi connectivity index (χ3v) is 23.0. The van der Waals surface area contributed by atoms with Crippen molar-refractivity contribution >= 4 is 0 Å². The van der Waals surface area contributed by atoms with Gasteiger partial charge in [0.2, 0.25) is 0 Å². The fraction of sp³-hybridized carbons (Fsp3) is 0.500. The fourth-order valence-electron chi connectivity index (χ4n) is 17.7. The molecule has 13 rings (SSSR count). The van der Waals surface area contributed by atoms with Crippen molar-refractivity contribution in [3.05, 3.63) is 235 Å². The van der Waals surface area contributed by atoms with Crippen LogP contribution < -0.4 is 37.9 Å². The first-order valence-electron chi connectivity index (χ1n) is 40.9. The normalized spacial score (nSPS) is 19.4. The summed E-state index contributed by atoms with van der Waals surface area (Å²) in [5.74, 6) is 7.02. The van der Waals surface area contributed by atoms with Gasteiger partial charge >= 0.3 is 0 Å².